The number of aldehydes is 1. The first-order chi connectivity index (χ1) is 6.35. The zero-order valence-corrected chi connectivity index (χ0v) is 8.06. The van der Waals surface area contributed by atoms with Crippen LogP contribution in [0.3, 0.4) is 0 Å². The van der Waals surface area contributed by atoms with E-state index in [2.05, 4.69) is 4.98 Å². The van der Waals surface area contributed by atoms with Gasteiger partial charge in [0.1, 0.15) is 5.69 Å². The van der Waals surface area contributed by atoms with Crippen molar-refractivity contribution in [3.63, 3.8) is 0 Å². The second-order valence-corrected chi connectivity index (χ2v) is 2.15. The average Bonchev–Trinajstić information content (AvgIpc) is 2.21. The number of carbonyl (C=O) groups excluding carboxylic acids is 1. The van der Waals surface area contributed by atoms with Crippen LogP contribution in [0.4, 0.5) is 0 Å². The van der Waals surface area contributed by atoms with Gasteiger partial charge in [0.25, 0.3) is 0 Å². The monoisotopic (exact) mass is 181 g/mol. The second kappa shape index (κ2) is 8.87. The van der Waals surface area contributed by atoms with Gasteiger partial charge in [-0.3, -0.25) is 9.78 Å². The minimum absolute atomic E-state index is 0.479. The fourth-order valence-corrected chi connectivity index (χ4v) is 0.650. The van der Waals surface area contributed by atoms with Gasteiger partial charge in [0.2, 0.25) is 0 Å². The van der Waals surface area contributed by atoms with Gasteiger partial charge in [0.05, 0.1) is 0 Å². The summed E-state index contributed by atoms with van der Waals surface area (Å²) in [5, 5.41) is 0. The number of aromatic nitrogens is 1. The Labute approximate surface area is 78.8 Å². The highest BCUT2D eigenvalue weighted by molar-refractivity contribution is 5.71. The largest absolute Gasteiger partial charge is 0.382 e. The highest BCUT2D eigenvalue weighted by Crippen LogP contribution is 1.85. The van der Waals surface area contributed by atoms with Gasteiger partial charge in [-0.1, -0.05) is 6.07 Å². The van der Waals surface area contributed by atoms with Crippen molar-refractivity contribution in [1.29, 1.82) is 0 Å². The highest BCUT2D eigenvalue weighted by atomic mass is 16.5. The van der Waals surface area contributed by atoms with E-state index in [1.54, 1.807) is 24.4 Å². The Bertz CT molecular complexity index is 209. The van der Waals surface area contributed by atoms with Crippen LogP contribution in [0, 0.1) is 0 Å². The molecule has 0 amide bonds. The number of ether oxygens (including phenoxy) is 1. The fraction of sp³-hybridized carbons (Fsp3) is 0.400. The molecule has 0 aliphatic carbocycles. The molecular weight excluding hydrogens is 166 g/mol. The molecule has 0 radical (unpaired) electrons. The van der Waals surface area contributed by atoms with Crippen LogP contribution >= 0.6 is 0 Å². The van der Waals surface area contributed by atoms with Crippen molar-refractivity contribution < 1.29 is 9.53 Å². The van der Waals surface area contributed by atoms with Crippen LogP contribution in [-0.4, -0.2) is 24.5 Å². The van der Waals surface area contributed by atoms with Crippen LogP contribution in [0.15, 0.2) is 24.4 Å². The van der Waals surface area contributed by atoms with Crippen molar-refractivity contribution in [2.45, 2.75) is 13.8 Å². The number of rotatable bonds is 3. The number of hydrogen-bond acceptors (Lipinski definition) is 3. The summed E-state index contributed by atoms with van der Waals surface area (Å²) in [6, 6.07) is 5.21. The molecule has 0 aliphatic heterocycles. The molecule has 1 rings (SSSR count). The Kier molecular flexibility index (Phi) is 8.04. The average molecular weight is 181 g/mol. The van der Waals surface area contributed by atoms with Gasteiger partial charge in [0.15, 0.2) is 6.29 Å². The van der Waals surface area contributed by atoms with Crippen LogP contribution in [0.5, 0.6) is 0 Å². The highest BCUT2D eigenvalue weighted by Gasteiger charge is 1.81. The van der Waals surface area contributed by atoms with E-state index in [1.165, 1.54) is 0 Å². The predicted molar refractivity (Wildman–Crippen MR) is 51.8 cm³/mol. The van der Waals surface area contributed by atoms with E-state index in [0.717, 1.165) is 19.5 Å². The summed E-state index contributed by atoms with van der Waals surface area (Å²) in [6.45, 7) is 5.67. The first-order valence-electron chi connectivity index (χ1n) is 4.29. The third-order valence-electron chi connectivity index (χ3n) is 1.22. The van der Waals surface area contributed by atoms with Gasteiger partial charge in [-0.05, 0) is 26.0 Å². The standard InChI is InChI=1S/C6H5NO.C4H10O/c8-5-6-3-1-2-4-7-6;1-3-5-4-2/h1-5H;3-4H2,1-2H3. The molecule has 0 aliphatic rings. The van der Waals surface area contributed by atoms with Crippen molar-refractivity contribution >= 4 is 6.29 Å². The molecule has 0 saturated carbocycles. The molecule has 1 aromatic rings. The van der Waals surface area contributed by atoms with Crippen molar-refractivity contribution in [3.8, 4) is 0 Å². The van der Waals surface area contributed by atoms with E-state index in [-0.39, 0.29) is 0 Å². The quantitative estimate of drug-likeness (QED) is 0.669. The Morgan fingerprint density at radius 2 is 2.08 bits per heavy atom. The summed E-state index contributed by atoms with van der Waals surface area (Å²) < 4.78 is 4.83. The van der Waals surface area contributed by atoms with Crippen molar-refractivity contribution in [2.75, 3.05) is 13.2 Å². The maximum atomic E-state index is 9.94. The van der Waals surface area contributed by atoms with Crippen LogP contribution in [-0.2, 0) is 4.74 Å². The second-order valence-electron chi connectivity index (χ2n) is 2.15. The lowest BCUT2D eigenvalue weighted by molar-refractivity contribution is 0.111. The van der Waals surface area contributed by atoms with Gasteiger partial charge in [0, 0.05) is 19.4 Å². The third kappa shape index (κ3) is 7.15. The Morgan fingerprint density at radius 3 is 2.31 bits per heavy atom. The Hall–Kier alpha value is -1.22. The van der Waals surface area contributed by atoms with E-state index in [0.29, 0.717) is 5.69 Å². The molecule has 0 aromatic carbocycles. The third-order valence-corrected chi connectivity index (χ3v) is 1.22. The smallest absolute Gasteiger partial charge is 0.168 e. The molecule has 0 saturated heterocycles. The minimum Gasteiger partial charge on any atom is -0.382 e. The molecule has 0 atom stereocenters. The number of carbonyl (C=O) groups is 1. The molecule has 1 aromatic heterocycles. The summed E-state index contributed by atoms with van der Waals surface area (Å²) in [6.07, 6.45) is 2.31. The maximum absolute atomic E-state index is 9.94. The summed E-state index contributed by atoms with van der Waals surface area (Å²) in [4.78, 5) is 13.7. The van der Waals surface area contributed by atoms with E-state index >= 15 is 0 Å². The van der Waals surface area contributed by atoms with Gasteiger partial charge in [-0.25, -0.2) is 0 Å². The molecule has 1 heterocycles. The van der Waals surface area contributed by atoms with E-state index < -0.39 is 0 Å². The van der Waals surface area contributed by atoms with Gasteiger partial charge in [-0.2, -0.15) is 0 Å². The molecular formula is C10H15NO2. The summed E-state index contributed by atoms with van der Waals surface area (Å²) in [7, 11) is 0. The van der Waals surface area contributed by atoms with Crippen LogP contribution < -0.4 is 0 Å². The molecule has 3 heteroatoms. The van der Waals surface area contributed by atoms with Gasteiger partial charge >= 0.3 is 0 Å². The number of hydrogen-bond donors (Lipinski definition) is 0. The molecule has 0 spiro atoms. The summed E-state index contributed by atoms with van der Waals surface area (Å²) in [5.74, 6) is 0. The first-order valence-corrected chi connectivity index (χ1v) is 4.29. The zero-order valence-electron chi connectivity index (χ0n) is 8.06. The van der Waals surface area contributed by atoms with E-state index in [1.807, 2.05) is 13.8 Å². The van der Waals surface area contributed by atoms with Crippen LogP contribution in [0.25, 0.3) is 0 Å². The molecule has 0 fully saturated rings. The molecule has 72 valence electrons. The van der Waals surface area contributed by atoms with Crippen LogP contribution in [0.1, 0.15) is 24.3 Å². The molecule has 0 unspecified atom stereocenters. The predicted octanol–water partition coefficient (Wildman–Crippen LogP) is 1.94. The van der Waals surface area contributed by atoms with E-state index in [9.17, 15) is 4.79 Å². The summed E-state index contributed by atoms with van der Waals surface area (Å²) >= 11 is 0. The summed E-state index contributed by atoms with van der Waals surface area (Å²) in [5.41, 5.74) is 0.479. The fourth-order valence-electron chi connectivity index (χ4n) is 0.650. The van der Waals surface area contributed by atoms with Crippen LogP contribution in [0.2, 0.25) is 0 Å². The van der Waals surface area contributed by atoms with E-state index in [4.69, 9.17) is 4.74 Å². The topological polar surface area (TPSA) is 39.2 Å². The molecule has 0 N–H and O–H groups in total. The van der Waals surface area contributed by atoms with Gasteiger partial charge < -0.3 is 4.74 Å². The lowest BCUT2D eigenvalue weighted by Crippen LogP contribution is -1.84. The Balaban J connectivity index is 0.000000252. The van der Waals surface area contributed by atoms with Crippen molar-refractivity contribution in [1.82, 2.24) is 4.98 Å². The zero-order chi connectivity index (χ0) is 9.94. The Morgan fingerprint density at radius 1 is 1.38 bits per heavy atom. The molecule has 0 bridgehead atoms. The number of pyridine rings is 1. The molecule has 3 nitrogen and oxygen atoms in total. The minimum atomic E-state index is 0.479. The van der Waals surface area contributed by atoms with Gasteiger partial charge in [-0.15, -0.1) is 0 Å². The molecule has 13 heavy (non-hydrogen) atoms. The van der Waals surface area contributed by atoms with Crippen molar-refractivity contribution in [3.05, 3.63) is 30.1 Å². The normalized spacial score (nSPS) is 8.46. The van der Waals surface area contributed by atoms with Crippen molar-refractivity contribution in [2.24, 2.45) is 0 Å². The number of nitrogens with zero attached hydrogens (tertiary/aromatic N) is 1. The lowest BCUT2D eigenvalue weighted by atomic mass is 10.4. The first kappa shape index (κ1) is 11.8. The lowest BCUT2D eigenvalue weighted by Gasteiger charge is -1.86. The maximum Gasteiger partial charge on any atom is 0.168 e. The SMILES string of the molecule is CCOCC.O=Cc1ccccn1.